The van der Waals surface area contributed by atoms with Crippen molar-refractivity contribution in [3.8, 4) is 0 Å². The lowest BCUT2D eigenvalue weighted by Crippen LogP contribution is -2.41. The van der Waals surface area contributed by atoms with Gasteiger partial charge in [0, 0.05) is 43.4 Å². The smallest absolute Gasteiger partial charge is 0.339 e. The van der Waals surface area contributed by atoms with Crippen LogP contribution in [0.4, 0.5) is 14.9 Å². The number of nitrogens with one attached hydrogen (secondary N) is 2. The number of halogens is 1. The van der Waals surface area contributed by atoms with E-state index >= 15 is 0 Å². The van der Waals surface area contributed by atoms with Crippen molar-refractivity contribution in [1.29, 1.82) is 0 Å². The Morgan fingerprint density at radius 3 is 2.72 bits per heavy atom. The lowest BCUT2D eigenvalue weighted by atomic mass is 10.0. The number of ether oxygens (including phenoxy) is 1. The first-order valence-corrected chi connectivity index (χ1v) is 9.92. The molecular weight excluding hydrogens is 373 g/mol. The molecule has 1 atom stereocenters. The molecular formula is C21H28FN5O2. The number of amides is 2. The van der Waals surface area contributed by atoms with Crippen LogP contribution >= 0.6 is 0 Å². The molecule has 7 nitrogen and oxygen atoms in total. The van der Waals surface area contributed by atoms with E-state index in [1.165, 1.54) is 24.3 Å². The Bertz CT molecular complexity index is 772. The molecule has 2 aliphatic rings. The highest BCUT2D eigenvalue weighted by molar-refractivity contribution is 5.90. The molecule has 3 rings (SSSR count). The number of hydrazone groups is 1. The lowest BCUT2D eigenvalue weighted by molar-refractivity contribution is 0.0397. The zero-order valence-electron chi connectivity index (χ0n) is 16.7. The van der Waals surface area contributed by atoms with Gasteiger partial charge >= 0.3 is 6.03 Å². The maximum Gasteiger partial charge on any atom is 0.339 e. The highest BCUT2D eigenvalue weighted by Gasteiger charge is 2.32. The minimum absolute atomic E-state index is 0.144. The lowest BCUT2D eigenvalue weighted by Gasteiger charge is -2.35. The summed E-state index contributed by atoms with van der Waals surface area (Å²) < 4.78 is 18.5. The van der Waals surface area contributed by atoms with Gasteiger partial charge in [-0.2, -0.15) is 5.10 Å². The summed E-state index contributed by atoms with van der Waals surface area (Å²) >= 11 is 0. The van der Waals surface area contributed by atoms with Crippen molar-refractivity contribution in [1.82, 2.24) is 15.2 Å². The van der Waals surface area contributed by atoms with E-state index in [0.29, 0.717) is 18.9 Å². The van der Waals surface area contributed by atoms with Crippen LogP contribution in [0.15, 0.2) is 53.4 Å². The first-order valence-electron chi connectivity index (χ1n) is 9.92. The van der Waals surface area contributed by atoms with Gasteiger partial charge in [-0.15, -0.1) is 6.58 Å². The van der Waals surface area contributed by atoms with E-state index in [4.69, 9.17) is 4.74 Å². The largest absolute Gasteiger partial charge is 0.378 e. The van der Waals surface area contributed by atoms with E-state index < -0.39 is 6.03 Å². The Kier molecular flexibility index (Phi) is 7.24. The number of morpholine rings is 1. The minimum atomic E-state index is -0.486. The van der Waals surface area contributed by atoms with Gasteiger partial charge in [-0.05, 0) is 30.7 Å². The normalized spacial score (nSPS) is 19.7. The summed E-state index contributed by atoms with van der Waals surface area (Å²) in [6.45, 7) is 11.0. The number of anilines is 1. The van der Waals surface area contributed by atoms with Crippen molar-refractivity contribution < 1.29 is 13.9 Å². The predicted octanol–water partition coefficient (Wildman–Crippen LogP) is 3.00. The second-order valence-electron chi connectivity index (χ2n) is 7.00. The summed E-state index contributed by atoms with van der Waals surface area (Å²) in [5, 5.41) is 6.77. The molecule has 2 amide bonds. The predicted molar refractivity (Wildman–Crippen MR) is 112 cm³/mol. The third-order valence-corrected chi connectivity index (χ3v) is 4.93. The first kappa shape index (κ1) is 20.9. The standard InChI is InChI=1S/C21H28FN5O2/c1-3-9-27-15-16(4-2)19(20(27)26-10-12-29-13-11-26)14-23-25-21(28)24-18-7-5-17(22)6-8-18/h4-8,14,16H,2-3,9-13,15H2,1H3,(H2,24,25,28)/b23-14+. The van der Waals surface area contributed by atoms with Crippen LogP contribution in [0.3, 0.4) is 0 Å². The zero-order valence-corrected chi connectivity index (χ0v) is 16.7. The molecule has 8 heteroatoms. The third-order valence-electron chi connectivity index (χ3n) is 4.93. The Morgan fingerprint density at radius 1 is 1.34 bits per heavy atom. The summed E-state index contributed by atoms with van der Waals surface area (Å²) in [6, 6.07) is 5.07. The quantitative estimate of drug-likeness (QED) is 0.419. The number of urea groups is 1. The molecule has 0 bridgehead atoms. The van der Waals surface area contributed by atoms with Crippen LogP contribution in [0.25, 0.3) is 0 Å². The van der Waals surface area contributed by atoms with E-state index in [-0.39, 0.29) is 11.7 Å². The van der Waals surface area contributed by atoms with Gasteiger partial charge in [0.2, 0.25) is 0 Å². The molecule has 29 heavy (non-hydrogen) atoms. The van der Waals surface area contributed by atoms with E-state index in [1.54, 1.807) is 6.21 Å². The summed E-state index contributed by atoms with van der Waals surface area (Å²) in [4.78, 5) is 16.7. The number of rotatable bonds is 7. The monoisotopic (exact) mass is 401 g/mol. The van der Waals surface area contributed by atoms with E-state index in [9.17, 15) is 9.18 Å². The molecule has 0 aromatic heterocycles. The van der Waals surface area contributed by atoms with Crippen molar-refractivity contribution in [2.45, 2.75) is 13.3 Å². The van der Waals surface area contributed by atoms with Crippen LogP contribution < -0.4 is 10.7 Å². The highest BCUT2D eigenvalue weighted by atomic mass is 19.1. The fourth-order valence-electron chi connectivity index (χ4n) is 3.60. The molecule has 2 aliphatic heterocycles. The van der Waals surface area contributed by atoms with Crippen molar-refractivity contribution in [2.24, 2.45) is 11.0 Å². The maximum atomic E-state index is 13.0. The number of nitrogens with zero attached hydrogens (tertiary/aromatic N) is 3. The van der Waals surface area contributed by atoms with E-state index in [0.717, 1.165) is 44.0 Å². The van der Waals surface area contributed by atoms with Crippen LogP contribution in [0.5, 0.6) is 0 Å². The highest BCUT2D eigenvalue weighted by Crippen LogP contribution is 2.31. The molecule has 1 fully saturated rings. The molecule has 0 radical (unpaired) electrons. The third kappa shape index (κ3) is 5.35. The summed E-state index contributed by atoms with van der Waals surface area (Å²) in [5.41, 5.74) is 4.01. The average Bonchev–Trinajstić information content (AvgIpc) is 3.08. The molecule has 0 spiro atoms. The van der Waals surface area contributed by atoms with E-state index in [2.05, 4.69) is 39.1 Å². The molecule has 0 aliphatic carbocycles. The number of carbonyl (C=O) groups excluding carboxylic acids is 1. The molecule has 2 N–H and O–H groups in total. The van der Waals surface area contributed by atoms with Crippen LogP contribution in [0.2, 0.25) is 0 Å². The molecule has 1 saturated heterocycles. The molecule has 1 aromatic carbocycles. The Morgan fingerprint density at radius 2 is 2.07 bits per heavy atom. The topological polar surface area (TPSA) is 69.2 Å². The van der Waals surface area contributed by atoms with Gasteiger partial charge in [0.15, 0.2) is 0 Å². The van der Waals surface area contributed by atoms with Gasteiger partial charge in [0.25, 0.3) is 0 Å². The van der Waals surface area contributed by atoms with Gasteiger partial charge in [0.1, 0.15) is 11.6 Å². The number of benzene rings is 1. The van der Waals surface area contributed by atoms with Crippen LogP contribution in [0.1, 0.15) is 13.3 Å². The van der Waals surface area contributed by atoms with Crippen molar-refractivity contribution >= 4 is 17.9 Å². The molecule has 1 aromatic rings. The van der Waals surface area contributed by atoms with Crippen LogP contribution in [-0.4, -0.2) is 61.4 Å². The summed E-state index contributed by atoms with van der Waals surface area (Å²) in [6.07, 6.45) is 4.67. The Balaban J connectivity index is 1.72. The zero-order chi connectivity index (χ0) is 20.6. The van der Waals surface area contributed by atoms with Gasteiger partial charge < -0.3 is 19.9 Å². The first-order chi connectivity index (χ1) is 14.1. The average molecular weight is 401 g/mol. The van der Waals surface area contributed by atoms with Gasteiger partial charge in [-0.3, -0.25) is 0 Å². The van der Waals surface area contributed by atoms with Gasteiger partial charge in [-0.1, -0.05) is 13.0 Å². The second-order valence-corrected chi connectivity index (χ2v) is 7.00. The SMILES string of the molecule is C=CC1CN(CCC)C(N2CCOCC2)=C1/C=N/NC(=O)Nc1ccc(F)cc1. The number of hydrogen-bond donors (Lipinski definition) is 2. The van der Waals surface area contributed by atoms with Crippen molar-refractivity contribution in [3.63, 3.8) is 0 Å². The summed E-state index contributed by atoms with van der Waals surface area (Å²) in [5.74, 6) is 0.930. The molecule has 156 valence electrons. The number of hydrogen-bond acceptors (Lipinski definition) is 5. The summed E-state index contributed by atoms with van der Waals surface area (Å²) in [7, 11) is 0. The molecule has 1 unspecified atom stereocenters. The van der Waals surface area contributed by atoms with Crippen molar-refractivity contribution in [2.75, 3.05) is 44.7 Å². The fraction of sp³-hybridized carbons (Fsp3) is 0.429. The molecule has 2 heterocycles. The Hall–Kier alpha value is -2.87. The molecule has 0 saturated carbocycles. The Labute approximate surface area is 170 Å². The second kappa shape index (κ2) is 10.1. The van der Waals surface area contributed by atoms with Crippen LogP contribution in [0, 0.1) is 11.7 Å². The fourth-order valence-corrected chi connectivity index (χ4v) is 3.60. The van der Waals surface area contributed by atoms with Gasteiger partial charge in [0.05, 0.1) is 19.4 Å². The van der Waals surface area contributed by atoms with Gasteiger partial charge in [-0.25, -0.2) is 14.6 Å². The minimum Gasteiger partial charge on any atom is -0.378 e. The van der Waals surface area contributed by atoms with E-state index in [1.807, 2.05) is 6.08 Å². The number of carbonyl (C=O) groups is 1. The van der Waals surface area contributed by atoms with Crippen LogP contribution in [-0.2, 0) is 4.74 Å². The van der Waals surface area contributed by atoms with Crippen molar-refractivity contribution in [3.05, 3.63) is 54.1 Å². The maximum absolute atomic E-state index is 13.0.